The Balaban J connectivity index is 1.16. The molecule has 0 spiro atoms. The van der Waals surface area contributed by atoms with Crippen LogP contribution >= 0.6 is 7.37 Å². The van der Waals surface area contributed by atoms with Crippen LogP contribution in [0, 0.1) is 0 Å². The molecule has 0 aliphatic heterocycles. The molecular weight excluding hydrogens is 713 g/mol. The summed E-state index contributed by atoms with van der Waals surface area (Å²) in [5, 5.41) is 14.5. The van der Waals surface area contributed by atoms with Crippen molar-refractivity contribution in [1.29, 1.82) is 0 Å². The summed E-state index contributed by atoms with van der Waals surface area (Å²) in [6.07, 6.45) is -0.902. The van der Waals surface area contributed by atoms with Crippen LogP contribution in [0.25, 0.3) is 10.8 Å². The van der Waals surface area contributed by atoms with Crippen LogP contribution in [-0.4, -0.2) is 34.3 Å². The predicted molar refractivity (Wildman–Crippen MR) is 214 cm³/mol. The molecule has 0 saturated heterocycles. The highest BCUT2D eigenvalue weighted by atomic mass is 31.2. The first-order valence-electron chi connectivity index (χ1n) is 18.3. The molecule has 55 heavy (non-hydrogen) atoms. The Morgan fingerprint density at radius 3 is 1.75 bits per heavy atom. The van der Waals surface area contributed by atoms with E-state index >= 15 is 0 Å². The number of benzene rings is 6. The van der Waals surface area contributed by atoms with Gasteiger partial charge in [0.05, 0.1) is 6.61 Å². The number of nitrogens with one attached hydrogen (secondary N) is 1. The minimum absolute atomic E-state index is 0.0931. The highest BCUT2D eigenvalue weighted by molar-refractivity contribution is 7.59. The van der Waals surface area contributed by atoms with E-state index in [0.717, 1.165) is 27.5 Å². The number of hydrogen-bond acceptors (Lipinski definition) is 7. The lowest BCUT2D eigenvalue weighted by atomic mass is 10.0. The Bertz CT molecular complexity index is 2140. The van der Waals surface area contributed by atoms with Gasteiger partial charge in [0.2, 0.25) is 5.47 Å². The van der Waals surface area contributed by atoms with Crippen LogP contribution in [-0.2, 0) is 46.9 Å². The number of alkyl carbamates (subject to hydrolysis) is 1. The van der Waals surface area contributed by atoms with Gasteiger partial charge in [-0.25, -0.2) is 4.79 Å². The molecule has 6 rings (SSSR count). The second-order valence-corrected chi connectivity index (χ2v) is 15.8. The van der Waals surface area contributed by atoms with Crippen molar-refractivity contribution in [3.8, 4) is 11.5 Å². The van der Waals surface area contributed by atoms with E-state index in [1.54, 1.807) is 48.5 Å². The Labute approximate surface area is 321 Å². The molecule has 0 fully saturated rings. The smallest absolute Gasteiger partial charge is 0.410 e. The molecule has 2 unspecified atom stereocenters. The predicted octanol–water partition coefficient (Wildman–Crippen LogP) is 9.38. The van der Waals surface area contributed by atoms with Gasteiger partial charge in [-0.15, -0.1) is 0 Å². The highest BCUT2D eigenvalue weighted by Crippen LogP contribution is 2.56. The summed E-state index contributed by atoms with van der Waals surface area (Å²) < 4.78 is 38.3. The monoisotopic (exact) mass is 759 g/mol. The van der Waals surface area contributed by atoms with E-state index in [-0.39, 0.29) is 45.2 Å². The van der Waals surface area contributed by atoms with Crippen LogP contribution in [0.15, 0.2) is 152 Å². The van der Waals surface area contributed by atoms with E-state index in [9.17, 15) is 19.4 Å². The molecule has 6 aromatic carbocycles. The number of carbonyl (C=O) groups is 1. The zero-order valence-corrected chi connectivity index (χ0v) is 31.5. The van der Waals surface area contributed by atoms with Crippen molar-refractivity contribution in [1.82, 2.24) is 5.32 Å². The zero-order chi connectivity index (χ0) is 38.4. The Morgan fingerprint density at radius 1 is 0.618 bits per heavy atom. The molecule has 0 aliphatic rings. The number of aliphatic hydroxyl groups excluding tert-OH is 1. The van der Waals surface area contributed by atoms with Crippen LogP contribution in [0.1, 0.15) is 40.7 Å². The normalized spacial score (nSPS) is 13.3. The number of aliphatic hydroxyl groups is 1. The number of aryl methyl sites for hydroxylation is 1. The fourth-order valence-corrected chi connectivity index (χ4v) is 8.15. The van der Waals surface area contributed by atoms with Crippen molar-refractivity contribution in [2.24, 2.45) is 0 Å². The van der Waals surface area contributed by atoms with E-state index in [0.29, 0.717) is 35.8 Å². The van der Waals surface area contributed by atoms with E-state index in [4.69, 9.17) is 18.9 Å². The fourth-order valence-electron chi connectivity index (χ4n) is 6.21. The molecule has 0 aromatic heterocycles. The second-order valence-electron chi connectivity index (χ2n) is 13.3. The molecule has 2 atom stereocenters. The molecule has 1 amide bonds. The first kappa shape index (κ1) is 39.3. The standard InChI is InChI=1S/C45H46NO8P/c47-29-10-28-45(55(49,50)30-27-40-17-9-16-39-15-7-8-18-43(39)40,54-34-38-21-25-42(26-22-38)52-32-36-13-5-2-6-14-36)46-44(48)53-33-37-19-23-41(24-20-37)51-31-35-11-3-1-4-12-35/h1-9,11-26,47H,10,27-34H2,(H,46,48)(H,49,50). The maximum atomic E-state index is 14.6. The van der Waals surface area contributed by atoms with Crippen LogP contribution in [0.5, 0.6) is 11.5 Å². The van der Waals surface area contributed by atoms with Gasteiger partial charge in [-0.1, -0.05) is 127 Å². The first-order valence-corrected chi connectivity index (χ1v) is 20.2. The van der Waals surface area contributed by atoms with E-state index < -0.39 is 18.9 Å². The Hall–Kier alpha value is -5.44. The van der Waals surface area contributed by atoms with Gasteiger partial charge in [-0.3, -0.25) is 9.88 Å². The van der Waals surface area contributed by atoms with Crippen molar-refractivity contribution in [2.45, 2.75) is 51.2 Å². The van der Waals surface area contributed by atoms with Gasteiger partial charge < -0.3 is 28.9 Å². The molecule has 9 nitrogen and oxygen atoms in total. The highest BCUT2D eigenvalue weighted by Gasteiger charge is 2.50. The van der Waals surface area contributed by atoms with Gasteiger partial charge in [0, 0.05) is 19.2 Å². The van der Waals surface area contributed by atoms with Gasteiger partial charge in [0.1, 0.15) is 31.3 Å². The molecule has 0 bridgehead atoms. The summed E-state index contributed by atoms with van der Waals surface area (Å²) in [7, 11) is -4.37. The third-order valence-electron chi connectivity index (χ3n) is 9.29. The summed E-state index contributed by atoms with van der Waals surface area (Å²) in [4.78, 5) is 25.4. The van der Waals surface area contributed by atoms with Gasteiger partial charge in [0.25, 0.3) is 7.37 Å². The van der Waals surface area contributed by atoms with E-state index in [1.807, 2.05) is 103 Å². The molecule has 3 N–H and O–H groups in total. The van der Waals surface area contributed by atoms with Crippen molar-refractivity contribution in [2.75, 3.05) is 12.8 Å². The van der Waals surface area contributed by atoms with E-state index in [1.165, 1.54) is 0 Å². The molecule has 0 heterocycles. The third-order valence-corrected chi connectivity index (χ3v) is 11.7. The second kappa shape index (κ2) is 19.2. The molecule has 0 aliphatic carbocycles. The quantitative estimate of drug-likeness (QED) is 0.0552. The number of ether oxygens (including phenoxy) is 4. The summed E-state index contributed by atoms with van der Waals surface area (Å²) in [6.45, 7) is 0.342. The minimum atomic E-state index is -4.37. The largest absolute Gasteiger partial charge is 0.489 e. The summed E-state index contributed by atoms with van der Waals surface area (Å²) in [6, 6.07) is 47.7. The molecule has 10 heteroatoms. The Morgan fingerprint density at radius 2 is 1.15 bits per heavy atom. The van der Waals surface area contributed by atoms with Gasteiger partial charge in [-0.05, 0) is 75.7 Å². The van der Waals surface area contributed by atoms with Crippen molar-refractivity contribution < 1.29 is 38.3 Å². The average molecular weight is 760 g/mol. The number of fused-ring (bicyclic) bond motifs is 1. The first-order chi connectivity index (χ1) is 26.8. The zero-order valence-electron chi connectivity index (χ0n) is 30.6. The van der Waals surface area contributed by atoms with Crippen molar-refractivity contribution >= 4 is 24.2 Å². The number of amides is 1. The maximum absolute atomic E-state index is 14.6. The SMILES string of the molecule is O=C(NC(CCCO)(OCc1ccc(OCc2ccccc2)cc1)P(=O)(O)CCc1cccc2ccccc12)OCc1ccc(OCc2ccccc2)cc1. The molecular formula is C45H46NO8P. The fraction of sp³-hybridized carbons (Fsp3) is 0.222. The van der Waals surface area contributed by atoms with Crippen LogP contribution in [0.3, 0.4) is 0 Å². The number of carbonyl (C=O) groups excluding carboxylic acids is 1. The summed E-state index contributed by atoms with van der Waals surface area (Å²) >= 11 is 0. The van der Waals surface area contributed by atoms with Gasteiger partial charge in [0.15, 0.2) is 0 Å². The van der Waals surface area contributed by atoms with Crippen molar-refractivity contribution in [3.05, 3.63) is 179 Å². The lowest BCUT2D eigenvalue weighted by molar-refractivity contribution is -0.0351. The summed E-state index contributed by atoms with van der Waals surface area (Å²) in [5.74, 6) is 1.32. The number of hydrogen-bond donors (Lipinski definition) is 3. The molecule has 6 aromatic rings. The van der Waals surface area contributed by atoms with Crippen LogP contribution < -0.4 is 14.8 Å². The maximum Gasteiger partial charge on any atom is 0.410 e. The minimum Gasteiger partial charge on any atom is -0.489 e. The topological polar surface area (TPSA) is 124 Å². The van der Waals surface area contributed by atoms with Crippen molar-refractivity contribution in [3.63, 3.8) is 0 Å². The van der Waals surface area contributed by atoms with Crippen LogP contribution in [0.4, 0.5) is 4.79 Å². The average Bonchev–Trinajstić information content (AvgIpc) is 3.23. The van der Waals surface area contributed by atoms with Gasteiger partial charge in [-0.2, -0.15) is 0 Å². The lowest BCUT2D eigenvalue weighted by Gasteiger charge is -2.38. The number of rotatable bonds is 19. The lowest BCUT2D eigenvalue weighted by Crippen LogP contribution is -2.51. The summed E-state index contributed by atoms with van der Waals surface area (Å²) in [5.41, 5.74) is 2.30. The van der Waals surface area contributed by atoms with E-state index in [2.05, 4.69) is 5.32 Å². The molecule has 0 saturated carbocycles. The van der Waals surface area contributed by atoms with Crippen LogP contribution in [0.2, 0.25) is 0 Å². The third kappa shape index (κ3) is 11.1. The Kier molecular flexibility index (Phi) is 13.7. The molecule has 0 radical (unpaired) electrons. The molecule has 284 valence electrons. The van der Waals surface area contributed by atoms with Gasteiger partial charge >= 0.3 is 6.09 Å².